The van der Waals surface area contributed by atoms with Crippen molar-refractivity contribution in [3.63, 3.8) is 0 Å². The number of benzene rings is 3. The van der Waals surface area contributed by atoms with Crippen LogP contribution in [-0.2, 0) is 16.1 Å². The normalized spacial score (nSPS) is 21.6. The van der Waals surface area contributed by atoms with E-state index < -0.39 is 0 Å². The number of fused-ring (bicyclic) bond motifs is 1. The second-order valence-electron chi connectivity index (χ2n) is 11.5. The molecule has 6 rings (SSSR count). The van der Waals surface area contributed by atoms with E-state index in [0.717, 1.165) is 61.3 Å². The standard InChI is InChI=1S/C35H39N3O4/c1-25-11-13-27(14-12-25)24-38-30-8-4-6-10-32(30)42-33(35(38)40)23-26-15-17-28(18-16-26)34(39)37-21-19-36(20-22-37)29-7-3-5-9-31(29)41-2/h3,5,7,9,11-18,23,30,32H,4,6,8,10,19-22,24H2,1-2H3/b33-23+. The third-order valence-electron chi connectivity index (χ3n) is 8.74. The molecule has 0 aromatic heterocycles. The Morgan fingerprint density at radius 3 is 2.38 bits per heavy atom. The summed E-state index contributed by atoms with van der Waals surface area (Å²) in [5, 5.41) is 0. The van der Waals surface area contributed by atoms with Crippen LogP contribution >= 0.6 is 0 Å². The number of morpholine rings is 1. The number of para-hydroxylation sites is 2. The van der Waals surface area contributed by atoms with Gasteiger partial charge in [0.1, 0.15) is 11.9 Å². The van der Waals surface area contributed by atoms with E-state index in [2.05, 4.69) is 42.2 Å². The fourth-order valence-corrected chi connectivity index (χ4v) is 6.35. The lowest BCUT2D eigenvalue weighted by molar-refractivity contribution is -0.149. The Morgan fingerprint density at radius 1 is 0.929 bits per heavy atom. The summed E-state index contributed by atoms with van der Waals surface area (Å²) in [6, 6.07) is 24.0. The highest BCUT2D eigenvalue weighted by molar-refractivity contribution is 5.97. The Kier molecular flexibility index (Phi) is 8.17. The number of rotatable bonds is 6. The molecule has 0 bridgehead atoms. The highest BCUT2D eigenvalue weighted by atomic mass is 16.5. The van der Waals surface area contributed by atoms with E-state index in [-0.39, 0.29) is 24.0 Å². The molecule has 2 unspecified atom stereocenters. The van der Waals surface area contributed by atoms with Crippen molar-refractivity contribution in [1.82, 2.24) is 9.80 Å². The smallest absolute Gasteiger partial charge is 0.289 e. The van der Waals surface area contributed by atoms with Crippen molar-refractivity contribution in [2.45, 2.75) is 51.3 Å². The first-order chi connectivity index (χ1) is 20.5. The van der Waals surface area contributed by atoms with E-state index in [0.29, 0.717) is 31.0 Å². The second kappa shape index (κ2) is 12.3. The molecule has 3 aromatic carbocycles. The number of hydrogen-bond donors (Lipinski definition) is 0. The summed E-state index contributed by atoms with van der Waals surface area (Å²) in [5.41, 5.74) is 4.89. The number of nitrogens with zero attached hydrogens (tertiary/aromatic N) is 3. The van der Waals surface area contributed by atoms with Gasteiger partial charge in [-0.2, -0.15) is 0 Å². The SMILES string of the molecule is COc1ccccc1N1CCN(C(=O)c2ccc(/C=C3/OC4CCCCC4N(Cc4ccc(C)cc4)C3=O)cc2)CC1. The van der Waals surface area contributed by atoms with Gasteiger partial charge in [-0.1, -0.05) is 60.5 Å². The molecule has 2 saturated heterocycles. The summed E-state index contributed by atoms with van der Waals surface area (Å²) in [5.74, 6) is 1.19. The molecule has 7 nitrogen and oxygen atoms in total. The molecule has 2 amide bonds. The van der Waals surface area contributed by atoms with Crippen LogP contribution in [0.25, 0.3) is 6.08 Å². The second-order valence-corrected chi connectivity index (χ2v) is 11.5. The van der Waals surface area contributed by atoms with Gasteiger partial charge in [-0.05, 0) is 67.7 Å². The van der Waals surface area contributed by atoms with Gasteiger partial charge in [0.05, 0.1) is 18.8 Å². The van der Waals surface area contributed by atoms with Crippen molar-refractivity contribution in [2.24, 2.45) is 0 Å². The number of aryl methyl sites for hydroxylation is 1. The average Bonchev–Trinajstić information content (AvgIpc) is 3.04. The molecule has 218 valence electrons. The lowest BCUT2D eigenvalue weighted by Gasteiger charge is -2.44. The number of anilines is 1. The molecule has 3 fully saturated rings. The molecule has 0 spiro atoms. The molecule has 0 N–H and O–H groups in total. The predicted octanol–water partition coefficient (Wildman–Crippen LogP) is 5.68. The van der Waals surface area contributed by atoms with Crippen molar-refractivity contribution in [3.8, 4) is 5.75 Å². The van der Waals surface area contributed by atoms with E-state index >= 15 is 0 Å². The summed E-state index contributed by atoms with van der Waals surface area (Å²) < 4.78 is 11.8. The number of ether oxygens (including phenoxy) is 2. The van der Waals surface area contributed by atoms with Crippen LogP contribution in [0.5, 0.6) is 5.75 Å². The maximum atomic E-state index is 13.7. The van der Waals surface area contributed by atoms with Gasteiger partial charge in [0.15, 0.2) is 5.76 Å². The topological polar surface area (TPSA) is 62.3 Å². The van der Waals surface area contributed by atoms with Crippen LogP contribution in [0.15, 0.2) is 78.6 Å². The molecular formula is C35H39N3O4. The largest absolute Gasteiger partial charge is 0.495 e. The van der Waals surface area contributed by atoms with Gasteiger partial charge >= 0.3 is 0 Å². The highest BCUT2D eigenvalue weighted by Crippen LogP contribution is 2.34. The number of methoxy groups -OCH3 is 1. The molecule has 3 aromatic rings. The van der Waals surface area contributed by atoms with Crippen molar-refractivity contribution < 1.29 is 19.1 Å². The zero-order valence-electron chi connectivity index (χ0n) is 24.5. The first kappa shape index (κ1) is 27.9. The lowest BCUT2D eigenvalue weighted by atomic mass is 9.89. The monoisotopic (exact) mass is 565 g/mol. The van der Waals surface area contributed by atoms with Gasteiger partial charge in [0.2, 0.25) is 0 Å². The highest BCUT2D eigenvalue weighted by Gasteiger charge is 2.41. The van der Waals surface area contributed by atoms with E-state index in [4.69, 9.17) is 9.47 Å². The molecule has 2 heterocycles. The van der Waals surface area contributed by atoms with Crippen LogP contribution in [0.2, 0.25) is 0 Å². The number of hydrogen-bond acceptors (Lipinski definition) is 5. The zero-order chi connectivity index (χ0) is 29.1. The molecule has 1 saturated carbocycles. The maximum absolute atomic E-state index is 13.7. The van der Waals surface area contributed by atoms with Crippen LogP contribution in [0.3, 0.4) is 0 Å². The van der Waals surface area contributed by atoms with Crippen LogP contribution in [0.1, 0.15) is 52.7 Å². The van der Waals surface area contributed by atoms with Crippen molar-refractivity contribution in [3.05, 3.63) is 101 Å². The van der Waals surface area contributed by atoms with Crippen LogP contribution in [-0.4, -0.2) is 67.0 Å². The minimum atomic E-state index is -0.0632. The Morgan fingerprint density at radius 2 is 1.64 bits per heavy atom. The summed E-state index contributed by atoms with van der Waals surface area (Å²) in [6.07, 6.45) is 6.01. The van der Waals surface area contributed by atoms with Crippen LogP contribution in [0, 0.1) is 6.92 Å². The molecule has 42 heavy (non-hydrogen) atoms. The Bertz CT molecular complexity index is 1440. The minimum Gasteiger partial charge on any atom is -0.495 e. The van der Waals surface area contributed by atoms with Gasteiger partial charge < -0.3 is 24.2 Å². The van der Waals surface area contributed by atoms with Gasteiger partial charge in [-0.15, -0.1) is 0 Å². The van der Waals surface area contributed by atoms with Gasteiger partial charge in [-0.3, -0.25) is 9.59 Å². The third-order valence-corrected chi connectivity index (χ3v) is 8.74. The lowest BCUT2D eigenvalue weighted by Crippen LogP contribution is -2.54. The summed E-state index contributed by atoms with van der Waals surface area (Å²) in [7, 11) is 1.68. The first-order valence-corrected chi connectivity index (χ1v) is 15.0. The summed E-state index contributed by atoms with van der Waals surface area (Å²) >= 11 is 0. The summed E-state index contributed by atoms with van der Waals surface area (Å²) in [6.45, 7) is 5.44. The van der Waals surface area contributed by atoms with Crippen molar-refractivity contribution >= 4 is 23.6 Å². The predicted molar refractivity (Wildman–Crippen MR) is 164 cm³/mol. The Balaban J connectivity index is 1.13. The van der Waals surface area contributed by atoms with Gasteiger partial charge in [-0.25, -0.2) is 0 Å². The quantitative estimate of drug-likeness (QED) is 0.360. The molecule has 0 radical (unpaired) electrons. The molecule has 2 aliphatic heterocycles. The fourth-order valence-electron chi connectivity index (χ4n) is 6.35. The van der Waals surface area contributed by atoms with Crippen molar-refractivity contribution in [2.75, 3.05) is 38.2 Å². The maximum Gasteiger partial charge on any atom is 0.289 e. The molecule has 3 aliphatic rings. The van der Waals surface area contributed by atoms with Crippen LogP contribution < -0.4 is 9.64 Å². The molecule has 1 aliphatic carbocycles. The van der Waals surface area contributed by atoms with E-state index in [1.807, 2.05) is 58.3 Å². The van der Waals surface area contributed by atoms with E-state index in [1.165, 1.54) is 5.56 Å². The van der Waals surface area contributed by atoms with Crippen LogP contribution in [0.4, 0.5) is 5.69 Å². The molecule has 2 atom stereocenters. The van der Waals surface area contributed by atoms with Gasteiger partial charge in [0.25, 0.3) is 11.8 Å². The number of carbonyl (C=O) groups excluding carboxylic acids is 2. The fraction of sp³-hybridized carbons (Fsp3) is 0.371. The third kappa shape index (κ3) is 5.87. The molecule has 7 heteroatoms. The first-order valence-electron chi connectivity index (χ1n) is 15.0. The number of piperazine rings is 1. The van der Waals surface area contributed by atoms with E-state index in [1.54, 1.807) is 7.11 Å². The number of carbonyl (C=O) groups is 2. The number of amides is 2. The van der Waals surface area contributed by atoms with Crippen molar-refractivity contribution in [1.29, 1.82) is 0 Å². The molecular weight excluding hydrogens is 526 g/mol. The van der Waals surface area contributed by atoms with E-state index in [9.17, 15) is 9.59 Å². The zero-order valence-corrected chi connectivity index (χ0v) is 24.5. The average molecular weight is 566 g/mol. The Hall–Kier alpha value is -4.26. The summed E-state index contributed by atoms with van der Waals surface area (Å²) in [4.78, 5) is 33.1. The minimum absolute atomic E-state index is 0.0171. The Labute approximate surface area is 248 Å². The van der Waals surface area contributed by atoms with Gasteiger partial charge in [0, 0.05) is 38.3 Å².